The van der Waals surface area contributed by atoms with E-state index in [-0.39, 0.29) is 24.3 Å². The van der Waals surface area contributed by atoms with Crippen LogP contribution in [0.15, 0.2) is 18.2 Å². The second-order valence-electron chi connectivity index (χ2n) is 9.84. The number of benzene rings is 1. The molecular formula is C24H38BNO5. The molecule has 2 aliphatic rings. The van der Waals surface area contributed by atoms with Crippen LogP contribution in [0.2, 0.25) is 0 Å². The molecule has 1 aromatic carbocycles. The number of carbonyl (C=O) groups excluding carboxylic acids is 1. The van der Waals surface area contributed by atoms with Gasteiger partial charge in [-0.05, 0) is 96.4 Å². The number of hydrogen-bond donors (Lipinski definition) is 0. The second kappa shape index (κ2) is 9.93. The Hall–Kier alpha value is -1.57. The summed E-state index contributed by atoms with van der Waals surface area (Å²) in [6, 6.07) is 6.10. The summed E-state index contributed by atoms with van der Waals surface area (Å²) in [4.78, 5) is 13.6. The maximum atomic E-state index is 11.4. The van der Waals surface area contributed by atoms with Crippen molar-refractivity contribution >= 4 is 18.6 Å². The Morgan fingerprint density at radius 1 is 1.16 bits per heavy atom. The van der Waals surface area contributed by atoms with Gasteiger partial charge >= 0.3 is 13.1 Å². The minimum Gasteiger partial charge on any atom is -0.493 e. The Labute approximate surface area is 187 Å². The van der Waals surface area contributed by atoms with Gasteiger partial charge in [0.1, 0.15) is 5.75 Å². The van der Waals surface area contributed by atoms with Crippen molar-refractivity contribution in [2.75, 3.05) is 33.4 Å². The SMILES string of the molecule is COC(=O)CN1CCC(CCCOc2cccc(B3OC(C)(C)C(C)(C)O3)c2C)CC1. The lowest BCUT2D eigenvalue weighted by Gasteiger charge is -2.32. The molecule has 0 radical (unpaired) electrons. The van der Waals surface area contributed by atoms with Gasteiger partial charge in [0.05, 0.1) is 31.5 Å². The fourth-order valence-electron chi connectivity index (χ4n) is 4.25. The van der Waals surface area contributed by atoms with E-state index in [2.05, 4.69) is 45.6 Å². The summed E-state index contributed by atoms with van der Waals surface area (Å²) in [5, 5.41) is 0. The van der Waals surface area contributed by atoms with Crippen LogP contribution in [0.5, 0.6) is 5.75 Å². The molecule has 2 heterocycles. The zero-order valence-electron chi connectivity index (χ0n) is 20.0. The average molecular weight is 431 g/mol. The molecular weight excluding hydrogens is 393 g/mol. The molecule has 0 aromatic heterocycles. The highest BCUT2D eigenvalue weighted by atomic mass is 16.7. The molecule has 6 nitrogen and oxygen atoms in total. The number of piperidine rings is 1. The maximum Gasteiger partial charge on any atom is 0.495 e. The zero-order valence-corrected chi connectivity index (χ0v) is 20.0. The number of likely N-dealkylation sites (tertiary alicyclic amines) is 1. The standard InChI is InChI=1S/C24H38BNO5/c1-18-20(25-30-23(2,3)24(4,5)31-25)10-7-11-21(18)29-16-8-9-19-12-14-26(15-13-19)17-22(27)28-6/h7,10-11,19H,8-9,12-17H2,1-6H3. The van der Waals surface area contributed by atoms with Crippen molar-refractivity contribution in [2.45, 2.75) is 71.5 Å². The molecule has 0 unspecified atom stereocenters. The van der Waals surface area contributed by atoms with Crippen molar-refractivity contribution in [1.29, 1.82) is 0 Å². The van der Waals surface area contributed by atoms with Gasteiger partial charge in [-0.15, -0.1) is 0 Å². The van der Waals surface area contributed by atoms with Gasteiger partial charge in [0, 0.05) is 0 Å². The van der Waals surface area contributed by atoms with Crippen LogP contribution in [0.25, 0.3) is 0 Å². The van der Waals surface area contributed by atoms with E-state index >= 15 is 0 Å². The third-order valence-electron chi connectivity index (χ3n) is 7.13. The highest BCUT2D eigenvalue weighted by Gasteiger charge is 2.52. The summed E-state index contributed by atoms with van der Waals surface area (Å²) in [6.45, 7) is 13.4. The van der Waals surface area contributed by atoms with Crippen molar-refractivity contribution in [2.24, 2.45) is 5.92 Å². The summed E-state index contributed by atoms with van der Waals surface area (Å²) >= 11 is 0. The van der Waals surface area contributed by atoms with Gasteiger partial charge in [-0.3, -0.25) is 9.69 Å². The topological polar surface area (TPSA) is 57.2 Å². The predicted octanol–water partition coefficient (Wildman–Crippen LogP) is 3.34. The first-order chi connectivity index (χ1) is 14.6. The van der Waals surface area contributed by atoms with Crippen molar-refractivity contribution in [3.05, 3.63) is 23.8 Å². The van der Waals surface area contributed by atoms with Gasteiger partial charge in [0.15, 0.2) is 0 Å². The third-order valence-corrected chi connectivity index (χ3v) is 7.13. The van der Waals surface area contributed by atoms with Crippen LogP contribution >= 0.6 is 0 Å². The molecule has 2 saturated heterocycles. The minimum atomic E-state index is -0.372. The average Bonchev–Trinajstić information content (AvgIpc) is 2.94. The highest BCUT2D eigenvalue weighted by molar-refractivity contribution is 6.62. The Balaban J connectivity index is 1.45. The van der Waals surface area contributed by atoms with Gasteiger partial charge in [0.2, 0.25) is 0 Å². The van der Waals surface area contributed by atoms with Crippen LogP contribution in [-0.2, 0) is 18.8 Å². The van der Waals surface area contributed by atoms with Crippen LogP contribution in [0, 0.1) is 12.8 Å². The zero-order chi connectivity index (χ0) is 22.6. The highest BCUT2D eigenvalue weighted by Crippen LogP contribution is 2.37. The molecule has 7 heteroatoms. The smallest absolute Gasteiger partial charge is 0.493 e. The monoisotopic (exact) mass is 431 g/mol. The van der Waals surface area contributed by atoms with E-state index in [4.69, 9.17) is 18.8 Å². The number of ether oxygens (including phenoxy) is 2. The number of methoxy groups -OCH3 is 1. The van der Waals surface area contributed by atoms with E-state index in [9.17, 15) is 4.79 Å². The molecule has 0 amide bonds. The number of hydrogen-bond acceptors (Lipinski definition) is 6. The van der Waals surface area contributed by atoms with Crippen LogP contribution in [0.4, 0.5) is 0 Å². The lowest BCUT2D eigenvalue weighted by molar-refractivity contribution is -0.142. The molecule has 0 aliphatic carbocycles. The molecule has 3 rings (SSSR count). The Morgan fingerprint density at radius 3 is 2.42 bits per heavy atom. The van der Waals surface area contributed by atoms with Crippen molar-refractivity contribution in [1.82, 2.24) is 4.90 Å². The fraction of sp³-hybridized carbons (Fsp3) is 0.708. The molecule has 31 heavy (non-hydrogen) atoms. The Kier molecular flexibility index (Phi) is 7.71. The first kappa shape index (κ1) is 24.1. The molecule has 1 aromatic rings. The first-order valence-corrected chi connectivity index (χ1v) is 11.5. The summed E-state index contributed by atoms with van der Waals surface area (Å²) in [5.74, 6) is 1.46. The maximum absolute atomic E-state index is 11.4. The molecule has 0 saturated carbocycles. The van der Waals surface area contributed by atoms with E-state index in [1.165, 1.54) is 7.11 Å². The number of carbonyl (C=O) groups is 1. The Bertz CT molecular complexity index is 742. The summed E-state index contributed by atoms with van der Waals surface area (Å²) < 4.78 is 23.3. The molecule has 2 fully saturated rings. The molecule has 0 bridgehead atoms. The largest absolute Gasteiger partial charge is 0.495 e. The lowest BCUT2D eigenvalue weighted by atomic mass is 9.76. The molecule has 0 spiro atoms. The van der Waals surface area contributed by atoms with Gasteiger partial charge in [-0.2, -0.15) is 0 Å². The molecule has 0 atom stereocenters. The van der Waals surface area contributed by atoms with Crippen LogP contribution in [0.3, 0.4) is 0 Å². The normalized spacial score (nSPS) is 21.3. The van der Waals surface area contributed by atoms with E-state index < -0.39 is 0 Å². The quantitative estimate of drug-likeness (QED) is 0.358. The van der Waals surface area contributed by atoms with Crippen molar-refractivity contribution < 1.29 is 23.6 Å². The van der Waals surface area contributed by atoms with Crippen LogP contribution in [-0.4, -0.2) is 62.5 Å². The first-order valence-electron chi connectivity index (χ1n) is 11.5. The molecule has 172 valence electrons. The van der Waals surface area contributed by atoms with Crippen molar-refractivity contribution in [3.8, 4) is 5.75 Å². The van der Waals surface area contributed by atoms with E-state index in [0.29, 0.717) is 19.1 Å². The third kappa shape index (κ3) is 5.82. The number of rotatable bonds is 8. The summed E-state index contributed by atoms with van der Waals surface area (Å²) in [5.41, 5.74) is 1.41. The summed E-state index contributed by atoms with van der Waals surface area (Å²) in [7, 11) is 1.07. The van der Waals surface area contributed by atoms with Crippen LogP contribution < -0.4 is 10.2 Å². The molecule has 0 N–H and O–H groups in total. The Morgan fingerprint density at radius 2 is 1.81 bits per heavy atom. The number of nitrogens with zero attached hydrogens (tertiary/aromatic N) is 1. The van der Waals surface area contributed by atoms with Gasteiger partial charge in [0.25, 0.3) is 0 Å². The summed E-state index contributed by atoms with van der Waals surface area (Å²) in [6.07, 6.45) is 4.45. The van der Waals surface area contributed by atoms with Crippen molar-refractivity contribution in [3.63, 3.8) is 0 Å². The van der Waals surface area contributed by atoms with Gasteiger partial charge in [-0.25, -0.2) is 0 Å². The lowest BCUT2D eigenvalue weighted by Crippen LogP contribution is -2.41. The van der Waals surface area contributed by atoms with Gasteiger partial charge in [-0.1, -0.05) is 12.1 Å². The number of esters is 1. The fourth-order valence-corrected chi connectivity index (χ4v) is 4.25. The van der Waals surface area contributed by atoms with Gasteiger partial charge < -0.3 is 18.8 Å². The van der Waals surface area contributed by atoms with E-state index in [1.807, 2.05) is 12.1 Å². The van der Waals surface area contributed by atoms with E-state index in [0.717, 1.165) is 55.5 Å². The predicted molar refractivity (Wildman–Crippen MR) is 123 cm³/mol. The molecule has 2 aliphatic heterocycles. The van der Waals surface area contributed by atoms with Crippen LogP contribution in [0.1, 0.15) is 58.9 Å². The second-order valence-corrected chi connectivity index (χ2v) is 9.84. The minimum absolute atomic E-state index is 0.148. The van der Waals surface area contributed by atoms with E-state index in [1.54, 1.807) is 0 Å².